The molecule has 1 saturated heterocycles. The number of hydrogen-bond donors (Lipinski definition) is 1. The number of carbonyl (C=O) groups is 1. The molecule has 1 aromatic carbocycles. The predicted octanol–water partition coefficient (Wildman–Crippen LogP) is 1.70. The van der Waals surface area contributed by atoms with Gasteiger partial charge in [-0.25, -0.2) is 9.97 Å². The number of nitrogens with zero attached hydrogens (tertiary/aromatic N) is 3. The van der Waals surface area contributed by atoms with Crippen molar-refractivity contribution in [1.29, 1.82) is 0 Å². The van der Waals surface area contributed by atoms with E-state index in [0.717, 1.165) is 34.2 Å². The van der Waals surface area contributed by atoms with Crippen molar-refractivity contribution in [3.05, 3.63) is 29.0 Å². The lowest BCUT2D eigenvalue weighted by Crippen LogP contribution is -2.27. The third-order valence-electron chi connectivity index (χ3n) is 3.48. The molecule has 6 heteroatoms. The fourth-order valence-electron chi connectivity index (χ4n) is 2.47. The lowest BCUT2D eigenvalue weighted by atomic mass is 10.1. The van der Waals surface area contributed by atoms with Crippen LogP contribution in [0.15, 0.2) is 29.0 Å². The molecule has 0 bridgehead atoms. The molecule has 19 heavy (non-hydrogen) atoms. The minimum absolute atomic E-state index is 0.0860. The van der Waals surface area contributed by atoms with Crippen LogP contribution in [-0.2, 0) is 4.79 Å². The van der Waals surface area contributed by atoms with Crippen LogP contribution in [0.3, 0.4) is 0 Å². The molecule has 2 aromatic rings. The van der Waals surface area contributed by atoms with E-state index in [-0.39, 0.29) is 11.8 Å². The summed E-state index contributed by atoms with van der Waals surface area (Å²) in [6.45, 7) is 1.43. The summed E-state index contributed by atoms with van der Waals surface area (Å²) in [6.07, 6.45) is 2.34. The SMILES string of the molecule is NC(=O)[C@H]1CCN(c2ncnc3c(Br)cccc23)C1. The molecular formula is C13H13BrN4O. The molecule has 1 amide bonds. The number of fused-ring (bicyclic) bond motifs is 1. The highest BCUT2D eigenvalue weighted by Crippen LogP contribution is 2.30. The maximum atomic E-state index is 11.3. The van der Waals surface area contributed by atoms with Crippen molar-refractivity contribution in [2.24, 2.45) is 11.7 Å². The van der Waals surface area contributed by atoms with E-state index in [0.29, 0.717) is 6.54 Å². The third kappa shape index (κ3) is 2.16. The summed E-state index contributed by atoms with van der Waals surface area (Å²) in [6, 6.07) is 5.91. The number of hydrogen-bond acceptors (Lipinski definition) is 4. The summed E-state index contributed by atoms with van der Waals surface area (Å²) in [5.41, 5.74) is 6.25. The Kier molecular flexibility index (Phi) is 3.10. The van der Waals surface area contributed by atoms with Gasteiger partial charge in [-0.3, -0.25) is 4.79 Å². The monoisotopic (exact) mass is 320 g/mol. The second kappa shape index (κ2) is 4.77. The smallest absolute Gasteiger partial charge is 0.222 e. The van der Waals surface area contributed by atoms with Gasteiger partial charge in [-0.05, 0) is 34.5 Å². The Morgan fingerprint density at radius 3 is 3.00 bits per heavy atom. The molecule has 0 radical (unpaired) electrons. The molecular weight excluding hydrogens is 308 g/mol. The summed E-state index contributed by atoms with van der Waals surface area (Å²) in [5.74, 6) is 0.550. The molecule has 0 unspecified atom stereocenters. The Morgan fingerprint density at radius 2 is 2.26 bits per heavy atom. The van der Waals surface area contributed by atoms with Crippen molar-refractivity contribution in [2.75, 3.05) is 18.0 Å². The van der Waals surface area contributed by atoms with Gasteiger partial charge < -0.3 is 10.6 Å². The van der Waals surface area contributed by atoms with Crippen LogP contribution in [0.2, 0.25) is 0 Å². The van der Waals surface area contributed by atoms with Gasteiger partial charge in [0.05, 0.1) is 11.4 Å². The Labute approximate surface area is 119 Å². The fraction of sp³-hybridized carbons (Fsp3) is 0.308. The van der Waals surface area contributed by atoms with Crippen LogP contribution >= 0.6 is 15.9 Å². The molecule has 1 aliphatic heterocycles. The molecule has 0 spiro atoms. The minimum atomic E-state index is -0.234. The van der Waals surface area contributed by atoms with E-state index in [4.69, 9.17) is 5.73 Å². The highest BCUT2D eigenvalue weighted by molar-refractivity contribution is 9.10. The van der Waals surface area contributed by atoms with Crippen molar-refractivity contribution in [1.82, 2.24) is 9.97 Å². The average Bonchev–Trinajstić information content (AvgIpc) is 2.88. The highest BCUT2D eigenvalue weighted by atomic mass is 79.9. The van der Waals surface area contributed by atoms with Crippen molar-refractivity contribution in [3.8, 4) is 0 Å². The van der Waals surface area contributed by atoms with Gasteiger partial charge in [-0.1, -0.05) is 6.07 Å². The van der Waals surface area contributed by atoms with Crippen LogP contribution in [0.1, 0.15) is 6.42 Å². The van der Waals surface area contributed by atoms with Gasteiger partial charge in [0.1, 0.15) is 12.1 Å². The van der Waals surface area contributed by atoms with Crippen LogP contribution in [0.4, 0.5) is 5.82 Å². The molecule has 0 saturated carbocycles. The van der Waals surface area contributed by atoms with E-state index in [1.165, 1.54) is 0 Å². The fourth-order valence-corrected chi connectivity index (χ4v) is 2.94. The van der Waals surface area contributed by atoms with E-state index in [2.05, 4.69) is 30.8 Å². The summed E-state index contributed by atoms with van der Waals surface area (Å²) in [5, 5.41) is 0.988. The van der Waals surface area contributed by atoms with Gasteiger partial charge in [0.2, 0.25) is 5.91 Å². The maximum absolute atomic E-state index is 11.3. The highest BCUT2D eigenvalue weighted by Gasteiger charge is 2.28. The molecule has 1 aliphatic rings. The van der Waals surface area contributed by atoms with Crippen LogP contribution < -0.4 is 10.6 Å². The zero-order valence-corrected chi connectivity index (χ0v) is 11.8. The second-order valence-electron chi connectivity index (χ2n) is 4.67. The van der Waals surface area contributed by atoms with Gasteiger partial charge in [0.25, 0.3) is 0 Å². The maximum Gasteiger partial charge on any atom is 0.222 e. The number of aromatic nitrogens is 2. The Balaban J connectivity index is 2.02. The van der Waals surface area contributed by atoms with Gasteiger partial charge in [0, 0.05) is 22.9 Å². The summed E-state index contributed by atoms with van der Waals surface area (Å²) in [7, 11) is 0. The van der Waals surface area contributed by atoms with Crippen molar-refractivity contribution in [3.63, 3.8) is 0 Å². The average molecular weight is 321 g/mol. The predicted molar refractivity (Wildman–Crippen MR) is 76.8 cm³/mol. The van der Waals surface area contributed by atoms with E-state index in [1.54, 1.807) is 6.33 Å². The third-order valence-corrected chi connectivity index (χ3v) is 4.12. The number of benzene rings is 1. The Hall–Kier alpha value is -1.69. The number of para-hydroxylation sites is 1. The summed E-state index contributed by atoms with van der Waals surface area (Å²) in [4.78, 5) is 22.0. The first-order valence-corrected chi connectivity index (χ1v) is 6.89. The number of primary amides is 1. The summed E-state index contributed by atoms with van der Waals surface area (Å²) < 4.78 is 0.944. The van der Waals surface area contributed by atoms with E-state index in [1.807, 2.05) is 18.2 Å². The Morgan fingerprint density at radius 1 is 1.42 bits per heavy atom. The molecule has 2 N–H and O–H groups in total. The molecule has 5 nitrogen and oxygen atoms in total. The van der Waals surface area contributed by atoms with Crippen LogP contribution in [0.5, 0.6) is 0 Å². The van der Waals surface area contributed by atoms with Gasteiger partial charge in [-0.15, -0.1) is 0 Å². The first-order valence-electron chi connectivity index (χ1n) is 6.10. The number of halogens is 1. The molecule has 1 atom stereocenters. The molecule has 1 aromatic heterocycles. The largest absolute Gasteiger partial charge is 0.369 e. The first-order chi connectivity index (χ1) is 9.16. The second-order valence-corrected chi connectivity index (χ2v) is 5.52. The van der Waals surface area contributed by atoms with Crippen molar-refractivity contribution < 1.29 is 4.79 Å². The van der Waals surface area contributed by atoms with Gasteiger partial charge in [-0.2, -0.15) is 0 Å². The minimum Gasteiger partial charge on any atom is -0.369 e. The van der Waals surface area contributed by atoms with Crippen molar-refractivity contribution in [2.45, 2.75) is 6.42 Å². The van der Waals surface area contributed by atoms with Gasteiger partial charge >= 0.3 is 0 Å². The van der Waals surface area contributed by atoms with E-state index >= 15 is 0 Å². The first kappa shape index (κ1) is 12.3. The lowest BCUT2D eigenvalue weighted by Gasteiger charge is -2.18. The molecule has 3 rings (SSSR count). The molecule has 0 aliphatic carbocycles. The van der Waals surface area contributed by atoms with Crippen LogP contribution in [-0.4, -0.2) is 29.0 Å². The molecule has 1 fully saturated rings. The molecule has 98 valence electrons. The number of nitrogens with two attached hydrogens (primary N) is 1. The van der Waals surface area contributed by atoms with Crippen LogP contribution in [0, 0.1) is 5.92 Å². The van der Waals surface area contributed by atoms with Crippen LogP contribution in [0.25, 0.3) is 10.9 Å². The molecule has 2 heterocycles. The number of amides is 1. The van der Waals surface area contributed by atoms with E-state index in [9.17, 15) is 4.79 Å². The zero-order chi connectivity index (χ0) is 13.4. The number of anilines is 1. The summed E-state index contributed by atoms with van der Waals surface area (Å²) >= 11 is 3.49. The van der Waals surface area contributed by atoms with E-state index < -0.39 is 0 Å². The topological polar surface area (TPSA) is 72.1 Å². The number of rotatable bonds is 2. The lowest BCUT2D eigenvalue weighted by molar-refractivity contribution is -0.121. The Bertz CT molecular complexity index is 646. The van der Waals surface area contributed by atoms with Crippen molar-refractivity contribution >= 4 is 38.6 Å². The normalized spacial score (nSPS) is 19.0. The zero-order valence-electron chi connectivity index (χ0n) is 10.2. The number of carbonyl (C=O) groups excluding carboxylic acids is 1. The van der Waals surface area contributed by atoms with Gasteiger partial charge in [0.15, 0.2) is 0 Å². The standard InChI is InChI=1S/C13H13BrN4O/c14-10-3-1-2-9-11(10)16-7-17-13(9)18-5-4-8(6-18)12(15)19/h1-3,7-8H,4-6H2,(H2,15,19)/t8-/m0/s1. The quantitative estimate of drug-likeness (QED) is 0.914.